The minimum atomic E-state index is -0.0561. The van der Waals surface area contributed by atoms with Crippen molar-refractivity contribution >= 4 is 5.91 Å². The Bertz CT molecular complexity index is 590. The van der Waals surface area contributed by atoms with Crippen molar-refractivity contribution in [3.63, 3.8) is 0 Å². The normalized spacial score (nSPS) is 21.4. The highest BCUT2D eigenvalue weighted by atomic mass is 16.3. The van der Waals surface area contributed by atoms with Crippen molar-refractivity contribution in [1.29, 1.82) is 0 Å². The highest BCUT2D eigenvalue weighted by molar-refractivity contribution is 5.94. The van der Waals surface area contributed by atoms with E-state index in [4.69, 9.17) is 0 Å². The second-order valence-corrected chi connectivity index (χ2v) is 5.59. The fourth-order valence-corrected chi connectivity index (χ4v) is 2.99. The Kier molecular flexibility index (Phi) is 4.06. The van der Waals surface area contributed by atoms with Gasteiger partial charge in [0.1, 0.15) is 0 Å². The fraction of sp³-hybridized carbons (Fsp3) is 0.353. The number of aromatic nitrogens is 1. The predicted molar refractivity (Wildman–Crippen MR) is 81.5 cm³/mol. The van der Waals surface area contributed by atoms with Gasteiger partial charge in [-0.25, -0.2) is 0 Å². The van der Waals surface area contributed by atoms with E-state index in [0.717, 1.165) is 24.9 Å². The summed E-state index contributed by atoms with van der Waals surface area (Å²) in [5, 5.41) is 12.4. The molecule has 4 nitrogen and oxygen atoms in total. The van der Waals surface area contributed by atoms with Crippen LogP contribution in [0.2, 0.25) is 0 Å². The molecule has 1 aliphatic rings. The second kappa shape index (κ2) is 6.14. The molecule has 0 bridgehead atoms. The number of rotatable bonds is 4. The summed E-state index contributed by atoms with van der Waals surface area (Å²) in [7, 11) is 0. The first-order valence-corrected chi connectivity index (χ1v) is 7.43. The van der Waals surface area contributed by atoms with Crippen LogP contribution in [0.15, 0.2) is 48.8 Å². The quantitative estimate of drug-likeness (QED) is 0.905. The maximum atomic E-state index is 12.3. The van der Waals surface area contributed by atoms with E-state index in [1.165, 1.54) is 0 Å². The van der Waals surface area contributed by atoms with Crippen LogP contribution in [0.4, 0.5) is 0 Å². The Morgan fingerprint density at radius 2 is 1.90 bits per heavy atom. The molecule has 1 heterocycles. The first-order chi connectivity index (χ1) is 10.3. The molecule has 1 saturated carbocycles. The van der Waals surface area contributed by atoms with Crippen molar-refractivity contribution in [3.8, 4) is 5.69 Å². The number of amides is 1. The number of benzene rings is 1. The van der Waals surface area contributed by atoms with Gasteiger partial charge in [0.2, 0.25) is 0 Å². The Labute approximate surface area is 124 Å². The molecule has 110 valence electrons. The third kappa shape index (κ3) is 3.00. The maximum Gasteiger partial charge on any atom is 0.251 e. The van der Waals surface area contributed by atoms with Crippen LogP contribution in [0.25, 0.3) is 5.69 Å². The van der Waals surface area contributed by atoms with Crippen molar-refractivity contribution in [3.05, 3.63) is 54.4 Å². The van der Waals surface area contributed by atoms with Crippen molar-refractivity contribution in [1.82, 2.24) is 9.88 Å². The zero-order valence-corrected chi connectivity index (χ0v) is 11.9. The lowest BCUT2D eigenvalue weighted by atomic mass is 10.0. The molecule has 4 heteroatoms. The van der Waals surface area contributed by atoms with E-state index in [2.05, 4.69) is 5.32 Å². The van der Waals surface area contributed by atoms with Gasteiger partial charge in [-0.3, -0.25) is 4.79 Å². The molecule has 0 saturated heterocycles. The monoisotopic (exact) mass is 284 g/mol. The lowest BCUT2D eigenvalue weighted by Gasteiger charge is -2.19. The predicted octanol–water partition coefficient (Wildman–Crippen LogP) is 2.37. The number of hydrogen-bond acceptors (Lipinski definition) is 2. The molecule has 2 unspecified atom stereocenters. The average Bonchev–Trinajstić information content (AvgIpc) is 3.18. The molecular formula is C17H20N2O2. The standard InChI is InChI=1S/C17H20N2O2/c20-12-14-4-3-5-16(14)18-17(21)13-6-8-15(9-7-13)19-10-1-2-11-19/h1-2,6-11,14,16,20H,3-5,12H2,(H,18,21). The van der Waals surface area contributed by atoms with Crippen molar-refractivity contribution < 1.29 is 9.90 Å². The van der Waals surface area contributed by atoms with Gasteiger partial charge in [-0.15, -0.1) is 0 Å². The van der Waals surface area contributed by atoms with E-state index in [-0.39, 0.29) is 24.5 Å². The van der Waals surface area contributed by atoms with Crippen molar-refractivity contribution in [2.24, 2.45) is 5.92 Å². The first kappa shape index (κ1) is 13.9. The zero-order chi connectivity index (χ0) is 14.7. The largest absolute Gasteiger partial charge is 0.396 e. The van der Waals surface area contributed by atoms with E-state index in [1.807, 2.05) is 53.4 Å². The van der Waals surface area contributed by atoms with E-state index in [0.29, 0.717) is 5.56 Å². The van der Waals surface area contributed by atoms with Gasteiger partial charge in [-0.05, 0) is 49.2 Å². The van der Waals surface area contributed by atoms with Crippen molar-refractivity contribution in [2.45, 2.75) is 25.3 Å². The summed E-state index contributed by atoms with van der Waals surface area (Å²) in [5.74, 6) is 0.146. The summed E-state index contributed by atoms with van der Waals surface area (Å²) < 4.78 is 2.00. The van der Waals surface area contributed by atoms with Crippen molar-refractivity contribution in [2.75, 3.05) is 6.61 Å². The van der Waals surface area contributed by atoms with Crippen LogP contribution in [0.3, 0.4) is 0 Å². The van der Waals surface area contributed by atoms with Crippen LogP contribution in [-0.4, -0.2) is 28.2 Å². The zero-order valence-electron chi connectivity index (χ0n) is 11.9. The number of carbonyl (C=O) groups is 1. The van der Waals surface area contributed by atoms with Gasteiger partial charge in [0, 0.05) is 42.2 Å². The maximum absolute atomic E-state index is 12.3. The summed E-state index contributed by atoms with van der Waals surface area (Å²) in [5.41, 5.74) is 1.69. The van der Waals surface area contributed by atoms with Crippen LogP contribution in [0, 0.1) is 5.92 Å². The van der Waals surface area contributed by atoms with Gasteiger partial charge in [0.25, 0.3) is 5.91 Å². The average molecular weight is 284 g/mol. The van der Waals surface area contributed by atoms with Gasteiger partial charge in [0.15, 0.2) is 0 Å². The SMILES string of the molecule is O=C(NC1CCCC1CO)c1ccc(-n2cccc2)cc1. The van der Waals surface area contributed by atoms with Gasteiger partial charge in [0.05, 0.1) is 0 Å². The molecule has 0 radical (unpaired) electrons. The molecule has 21 heavy (non-hydrogen) atoms. The third-order valence-corrected chi connectivity index (χ3v) is 4.24. The molecule has 1 aromatic carbocycles. The minimum absolute atomic E-state index is 0.0561. The summed E-state index contributed by atoms with van der Waals surface area (Å²) in [6.07, 6.45) is 6.97. The highest BCUT2D eigenvalue weighted by Gasteiger charge is 2.28. The Hall–Kier alpha value is -2.07. The van der Waals surface area contributed by atoms with Crippen LogP contribution >= 0.6 is 0 Å². The van der Waals surface area contributed by atoms with Crippen LogP contribution < -0.4 is 5.32 Å². The fourth-order valence-electron chi connectivity index (χ4n) is 2.99. The van der Waals surface area contributed by atoms with Gasteiger partial charge in [-0.1, -0.05) is 6.42 Å². The molecule has 0 aliphatic heterocycles. The number of aliphatic hydroxyl groups excluding tert-OH is 1. The topological polar surface area (TPSA) is 54.3 Å². The first-order valence-electron chi connectivity index (χ1n) is 7.43. The molecule has 1 amide bonds. The molecule has 2 aromatic rings. The molecule has 1 fully saturated rings. The van der Waals surface area contributed by atoms with E-state index >= 15 is 0 Å². The Balaban J connectivity index is 1.68. The molecule has 3 rings (SSSR count). The Morgan fingerprint density at radius 3 is 2.57 bits per heavy atom. The second-order valence-electron chi connectivity index (χ2n) is 5.59. The third-order valence-electron chi connectivity index (χ3n) is 4.24. The number of nitrogens with one attached hydrogen (secondary N) is 1. The molecule has 1 aliphatic carbocycles. The lowest BCUT2D eigenvalue weighted by Crippen LogP contribution is -2.38. The molecule has 1 aromatic heterocycles. The van der Waals surface area contributed by atoms with Gasteiger partial charge < -0.3 is 15.0 Å². The summed E-state index contributed by atoms with van der Waals surface area (Å²) in [4.78, 5) is 12.3. The molecular weight excluding hydrogens is 264 g/mol. The van der Waals surface area contributed by atoms with Crippen LogP contribution in [0.5, 0.6) is 0 Å². The minimum Gasteiger partial charge on any atom is -0.396 e. The molecule has 0 spiro atoms. The van der Waals surface area contributed by atoms with Crippen LogP contribution in [0.1, 0.15) is 29.6 Å². The van der Waals surface area contributed by atoms with Gasteiger partial charge >= 0.3 is 0 Å². The summed E-state index contributed by atoms with van der Waals surface area (Å²) >= 11 is 0. The smallest absolute Gasteiger partial charge is 0.251 e. The number of carbonyl (C=O) groups excluding carboxylic acids is 1. The molecule has 2 atom stereocenters. The van der Waals surface area contributed by atoms with E-state index in [9.17, 15) is 9.90 Å². The summed E-state index contributed by atoms with van der Waals surface area (Å²) in [6, 6.07) is 11.6. The summed E-state index contributed by atoms with van der Waals surface area (Å²) in [6.45, 7) is 0.150. The lowest BCUT2D eigenvalue weighted by molar-refractivity contribution is 0.0916. The van der Waals surface area contributed by atoms with E-state index < -0.39 is 0 Å². The number of hydrogen-bond donors (Lipinski definition) is 2. The van der Waals surface area contributed by atoms with E-state index in [1.54, 1.807) is 0 Å². The molecule has 2 N–H and O–H groups in total. The Morgan fingerprint density at radius 1 is 1.19 bits per heavy atom. The van der Waals surface area contributed by atoms with Gasteiger partial charge in [-0.2, -0.15) is 0 Å². The number of nitrogens with zero attached hydrogens (tertiary/aromatic N) is 1. The number of aliphatic hydroxyl groups is 1. The van der Waals surface area contributed by atoms with Crippen LogP contribution in [-0.2, 0) is 0 Å². The highest BCUT2D eigenvalue weighted by Crippen LogP contribution is 2.25.